The lowest BCUT2D eigenvalue weighted by Crippen LogP contribution is -2.49. The number of carboxylic acid groups (broad SMARTS) is 1. The standard InChI is InChI=1S/C14H24N2O3/c1-9-8-10(6-7-15-9)13(17)16-12-5-3-2-4-11(12)14(18)19/h9-12,15H,2-8H2,1H3,(H,16,17)(H,18,19). The van der Waals surface area contributed by atoms with Gasteiger partial charge in [-0.25, -0.2) is 0 Å². The molecule has 2 aliphatic rings. The van der Waals surface area contributed by atoms with E-state index < -0.39 is 11.9 Å². The van der Waals surface area contributed by atoms with Crippen LogP contribution in [0, 0.1) is 11.8 Å². The maximum atomic E-state index is 12.2. The second-order valence-electron chi connectivity index (χ2n) is 5.92. The van der Waals surface area contributed by atoms with Gasteiger partial charge >= 0.3 is 5.97 Å². The van der Waals surface area contributed by atoms with Crippen molar-refractivity contribution in [3.63, 3.8) is 0 Å². The van der Waals surface area contributed by atoms with Crippen molar-refractivity contribution in [2.45, 2.75) is 57.5 Å². The van der Waals surface area contributed by atoms with Crippen LogP contribution in [-0.4, -0.2) is 35.6 Å². The van der Waals surface area contributed by atoms with Gasteiger partial charge in [0.1, 0.15) is 0 Å². The van der Waals surface area contributed by atoms with Gasteiger partial charge in [0.05, 0.1) is 5.92 Å². The fraction of sp³-hybridized carbons (Fsp3) is 0.857. The summed E-state index contributed by atoms with van der Waals surface area (Å²) in [7, 11) is 0. The zero-order valence-corrected chi connectivity index (χ0v) is 11.5. The van der Waals surface area contributed by atoms with Gasteiger partial charge in [0.25, 0.3) is 0 Å². The first-order chi connectivity index (χ1) is 9.08. The molecule has 108 valence electrons. The lowest BCUT2D eigenvalue weighted by molar-refractivity contribution is -0.144. The molecule has 4 unspecified atom stereocenters. The van der Waals surface area contributed by atoms with E-state index >= 15 is 0 Å². The van der Waals surface area contributed by atoms with Crippen LogP contribution >= 0.6 is 0 Å². The molecule has 0 aromatic heterocycles. The number of carbonyl (C=O) groups excluding carboxylic acids is 1. The van der Waals surface area contributed by atoms with E-state index in [1.54, 1.807) is 0 Å². The van der Waals surface area contributed by atoms with E-state index in [4.69, 9.17) is 0 Å². The van der Waals surface area contributed by atoms with E-state index in [1.165, 1.54) is 0 Å². The van der Waals surface area contributed by atoms with Gasteiger partial charge in [0, 0.05) is 18.0 Å². The average Bonchev–Trinajstić information content (AvgIpc) is 2.39. The quantitative estimate of drug-likeness (QED) is 0.717. The van der Waals surface area contributed by atoms with Crippen LogP contribution in [0.25, 0.3) is 0 Å². The monoisotopic (exact) mass is 268 g/mol. The van der Waals surface area contributed by atoms with Crippen molar-refractivity contribution < 1.29 is 14.7 Å². The molecule has 1 saturated heterocycles. The zero-order chi connectivity index (χ0) is 13.8. The minimum Gasteiger partial charge on any atom is -0.481 e. The third-order valence-corrected chi connectivity index (χ3v) is 4.41. The number of aliphatic carboxylic acids is 1. The molecule has 0 aromatic rings. The maximum absolute atomic E-state index is 12.2. The normalized spacial score (nSPS) is 35.6. The summed E-state index contributed by atoms with van der Waals surface area (Å²) in [5, 5.41) is 15.5. The summed E-state index contributed by atoms with van der Waals surface area (Å²) in [6.45, 7) is 2.95. The van der Waals surface area contributed by atoms with E-state index in [1.807, 2.05) is 0 Å². The Morgan fingerprint density at radius 3 is 2.63 bits per heavy atom. The summed E-state index contributed by atoms with van der Waals surface area (Å²) in [6, 6.07) is 0.190. The summed E-state index contributed by atoms with van der Waals surface area (Å²) in [4.78, 5) is 23.5. The zero-order valence-electron chi connectivity index (χ0n) is 11.5. The molecule has 19 heavy (non-hydrogen) atoms. The molecule has 1 aliphatic heterocycles. The first-order valence-electron chi connectivity index (χ1n) is 7.34. The van der Waals surface area contributed by atoms with Gasteiger partial charge in [0.2, 0.25) is 5.91 Å². The lowest BCUT2D eigenvalue weighted by atomic mass is 9.83. The molecule has 0 aromatic carbocycles. The number of carbonyl (C=O) groups is 2. The minimum atomic E-state index is -0.774. The molecular weight excluding hydrogens is 244 g/mol. The fourth-order valence-electron chi connectivity index (χ4n) is 3.27. The van der Waals surface area contributed by atoms with Gasteiger partial charge in [-0.1, -0.05) is 12.8 Å². The predicted octanol–water partition coefficient (Wildman–Crippen LogP) is 1.13. The number of piperidine rings is 1. The minimum absolute atomic E-state index is 0.0348. The fourth-order valence-corrected chi connectivity index (χ4v) is 3.27. The summed E-state index contributed by atoms with van der Waals surface area (Å²) in [5.41, 5.74) is 0. The molecule has 4 atom stereocenters. The van der Waals surface area contributed by atoms with Crippen LogP contribution in [0.3, 0.4) is 0 Å². The first kappa shape index (κ1) is 14.3. The summed E-state index contributed by atoms with van der Waals surface area (Å²) in [6.07, 6.45) is 5.13. The van der Waals surface area contributed by atoms with Crippen molar-refractivity contribution in [3.05, 3.63) is 0 Å². The van der Waals surface area contributed by atoms with Crippen LogP contribution in [0.2, 0.25) is 0 Å². The molecular formula is C14H24N2O3. The van der Waals surface area contributed by atoms with E-state index in [-0.39, 0.29) is 17.9 Å². The van der Waals surface area contributed by atoms with Crippen LogP contribution in [0.1, 0.15) is 45.4 Å². The Morgan fingerprint density at radius 2 is 1.95 bits per heavy atom. The van der Waals surface area contributed by atoms with Crippen molar-refractivity contribution in [1.82, 2.24) is 10.6 Å². The second kappa shape index (κ2) is 6.37. The van der Waals surface area contributed by atoms with E-state index in [0.29, 0.717) is 12.5 Å². The topological polar surface area (TPSA) is 78.4 Å². The summed E-state index contributed by atoms with van der Waals surface area (Å²) >= 11 is 0. The molecule has 1 heterocycles. The molecule has 2 rings (SSSR count). The van der Waals surface area contributed by atoms with E-state index in [0.717, 1.165) is 38.6 Å². The van der Waals surface area contributed by atoms with Gasteiger partial charge in [-0.2, -0.15) is 0 Å². The number of hydrogen-bond donors (Lipinski definition) is 3. The summed E-state index contributed by atoms with van der Waals surface area (Å²) in [5.74, 6) is -1.10. The number of nitrogens with one attached hydrogen (secondary N) is 2. The highest BCUT2D eigenvalue weighted by Gasteiger charge is 2.34. The molecule has 1 saturated carbocycles. The first-order valence-corrected chi connectivity index (χ1v) is 7.34. The Balaban J connectivity index is 1.91. The van der Waals surface area contributed by atoms with Crippen LogP contribution in [0.15, 0.2) is 0 Å². The Morgan fingerprint density at radius 1 is 1.21 bits per heavy atom. The predicted molar refractivity (Wildman–Crippen MR) is 71.7 cm³/mol. The van der Waals surface area contributed by atoms with E-state index in [9.17, 15) is 14.7 Å². The molecule has 2 fully saturated rings. The van der Waals surface area contributed by atoms with Crippen LogP contribution in [-0.2, 0) is 9.59 Å². The van der Waals surface area contributed by atoms with E-state index in [2.05, 4.69) is 17.6 Å². The van der Waals surface area contributed by atoms with Gasteiger partial charge in [-0.15, -0.1) is 0 Å². The Kier molecular flexibility index (Phi) is 4.80. The maximum Gasteiger partial charge on any atom is 0.308 e. The van der Waals surface area contributed by atoms with Crippen LogP contribution < -0.4 is 10.6 Å². The van der Waals surface area contributed by atoms with Crippen molar-refractivity contribution in [2.75, 3.05) is 6.54 Å². The lowest BCUT2D eigenvalue weighted by Gasteiger charge is -2.32. The number of hydrogen-bond acceptors (Lipinski definition) is 3. The third-order valence-electron chi connectivity index (χ3n) is 4.41. The highest BCUT2D eigenvalue weighted by atomic mass is 16.4. The molecule has 5 heteroatoms. The molecule has 0 spiro atoms. The molecule has 5 nitrogen and oxygen atoms in total. The van der Waals surface area contributed by atoms with Crippen LogP contribution in [0.4, 0.5) is 0 Å². The van der Waals surface area contributed by atoms with Gasteiger partial charge in [-0.3, -0.25) is 9.59 Å². The highest BCUT2D eigenvalue weighted by molar-refractivity contribution is 5.80. The molecule has 3 N–H and O–H groups in total. The Labute approximate surface area is 114 Å². The van der Waals surface area contributed by atoms with Crippen molar-refractivity contribution in [3.8, 4) is 0 Å². The van der Waals surface area contributed by atoms with Gasteiger partial charge in [0.15, 0.2) is 0 Å². The molecule has 1 aliphatic carbocycles. The molecule has 0 radical (unpaired) electrons. The van der Waals surface area contributed by atoms with Crippen molar-refractivity contribution in [2.24, 2.45) is 11.8 Å². The number of carboxylic acids is 1. The Hall–Kier alpha value is -1.10. The Bertz CT molecular complexity index is 346. The second-order valence-corrected chi connectivity index (χ2v) is 5.92. The van der Waals surface area contributed by atoms with Crippen LogP contribution in [0.5, 0.6) is 0 Å². The molecule has 1 amide bonds. The SMILES string of the molecule is CC1CC(C(=O)NC2CCCCC2C(=O)O)CCN1. The number of rotatable bonds is 3. The summed E-state index contributed by atoms with van der Waals surface area (Å²) < 4.78 is 0. The third kappa shape index (κ3) is 3.69. The van der Waals surface area contributed by atoms with Crippen molar-refractivity contribution >= 4 is 11.9 Å². The van der Waals surface area contributed by atoms with Gasteiger partial charge in [-0.05, 0) is 39.2 Å². The van der Waals surface area contributed by atoms with Gasteiger partial charge < -0.3 is 15.7 Å². The number of amides is 1. The van der Waals surface area contributed by atoms with Crippen molar-refractivity contribution in [1.29, 1.82) is 0 Å². The average molecular weight is 268 g/mol. The molecule has 0 bridgehead atoms. The smallest absolute Gasteiger partial charge is 0.308 e. The highest BCUT2D eigenvalue weighted by Crippen LogP contribution is 2.26. The largest absolute Gasteiger partial charge is 0.481 e.